The number of phenolic OH excluding ortho intramolecular Hbond substituents is 1. The number of halogens is 3. The Bertz CT molecular complexity index is 1940. The summed E-state index contributed by atoms with van der Waals surface area (Å²) in [6, 6.07) is 5.44. The van der Waals surface area contributed by atoms with Crippen molar-refractivity contribution in [3.05, 3.63) is 41.5 Å². The Hall–Kier alpha value is -4.34. The molecule has 0 amide bonds. The molecule has 4 aromatic rings. The molecule has 12 heteroatoms. The molecule has 0 radical (unpaired) electrons. The normalized spacial score (nSPS) is 24.8. The number of likely N-dealkylation sites (tertiary alicyclic amines) is 1. The minimum atomic E-state index is -1.39. The highest BCUT2D eigenvalue weighted by Gasteiger charge is 2.54. The molecule has 2 aromatic carbocycles. The average Bonchev–Trinajstić information content (AvgIpc) is 3.28. The van der Waals surface area contributed by atoms with Crippen molar-refractivity contribution in [1.29, 1.82) is 0 Å². The van der Waals surface area contributed by atoms with Gasteiger partial charge in [0, 0.05) is 48.6 Å². The SMILES string of the molecule is C#Cc1c(F)ccc2cc(O)cc(-c3nc(OC)c4c(N5CCCOCC5)nc(OC[C@]56CCC[C@H]5N(C)CC(C)(F)C6)nc4c3F)c12. The average molecular weight is 662 g/mol. The molecule has 48 heavy (non-hydrogen) atoms. The quantitative estimate of drug-likeness (QED) is 0.249. The fraction of sp³-hybridized carbons (Fsp3) is 0.472. The van der Waals surface area contributed by atoms with E-state index in [0.717, 1.165) is 19.3 Å². The van der Waals surface area contributed by atoms with Crippen LogP contribution in [0.4, 0.5) is 19.0 Å². The zero-order chi connectivity index (χ0) is 33.8. The molecular formula is C36H38F3N5O4. The number of aromatic hydroxyl groups is 1. The summed E-state index contributed by atoms with van der Waals surface area (Å²) in [5.41, 5.74) is -2.24. The van der Waals surface area contributed by atoms with Crippen LogP contribution in [0.25, 0.3) is 32.9 Å². The van der Waals surface area contributed by atoms with Gasteiger partial charge in [-0.2, -0.15) is 9.97 Å². The number of alkyl halides is 1. The fourth-order valence-corrected chi connectivity index (χ4v) is 8.30. The van der Waals surface area contributed by atoms with Gasteiger partial charge in [0.15, 0.2) is 5.82 Å². The van der Waals surface area contributed by atoms with Crippen molar-refractivity contribution in [2.45, 2.75) is 50.7 Å². The minimum Gasteiger partial charge on any atom is -0.508 e. The third-order valence-corrected chi connectivity index (χ3v) is 10.1. The van der Waals surface area contributed by atoms with E-state index in [9.17, 15) is 9.50 Å². The van der Waals surface area contributed by atoms with Gasteiger partial charge in [0.25, 0.3) is 0 Å². The monoisotopic (exact) mass is 661 g/mol. The molecule has 4 heterocycles. The highest BCUT2D eigenvalue weighted by molar-refractivity contribution is 6.04. The van der Waals surface area contributed by atoms with Gasteiger partial charge in [0.05, 0.1) is 25.9 Å². The Balaban J connectivity index is 1.42. The van der Waals surface area contributed by atoms with Crippen molar-refractivity contribution >= 4 is 27.5 Å². The highest BCUT2D eigenvalue weighted by atomic mass is 19.1. The van der Waals surface area contributed by atoms with Gasteiger partial charge in [-0.15, -0.1) is 6.42 Å². The lowest BCUT2D eigenvalue weighted by Gasteiger charge is -2.49. The van der Waals surface area contributed by atoms with Crippen LogP contribution in [0.3, 0.4) is 0 Å². The Morgan fingerprint density at radius 3 is 2.75 bits per heavy atom. The number of nitrogens with zero attached hydrogens (tertiary/aromatic N) is 5. The van der Waals surface area contributed by atoms with E-state index in [2.05, 4.69) is 20.8 Å². The number of phenols is 1. The smallest absolute Gasteiger partial charge is 0.319 e. The zero-order valence-corrected chi connectivity index (χ0v) is 27.3. The van der Waals surface area contributed by atoms with E-state index >= 15 is 8.78 Å². The lowest BCUT2D eigenvalue weighted by Crippen LogP contribution is -2.58. The van der Waals surface area contributed by atoms with Crippen LogP contribution in [0.5, 0.6) is 17.6 Å². The first-order valence-electron chi connectivity index (χ1n) is 16.3. The van der Waals surface area contributed by atoms with Crippen molar-refractivity contribution in [1.82, 2.24) is 19.9 Å². The number of hydrogen-bond donors (Lipinski definition) is 1. The van der Waals surface area contributed by atoms with Crippen molar-refractivity contribution in [3.8, 4) is 41.2 Å². The summed E-state index contributed by atoms with van der Waals surface area (Å²) in [4.78, 5) is 18.0. The second kappa shape index (κ2) is 12.3. The molecule has 1 aliphatic carbocycles. The van der Waals surface area contributed by atoms with Crippen LogP contribution in [-0.4, -0.2) is 90.3 Å². The number of anilines is 1. The van der Waals surface area contributed by atoms with E-state index in [-0.39, 0.29) is 63.4 Å². The van der Waals surface area contributed by atoms with E-state index < -0.39 is 22.7 Å². The summed E-state index contributed by atoms with van der Waals surface area (Å²) in [5, 5.41) is 11.5. The molecule has 0 spiro atoms. The van der Waals surface area contributed by atoms with Crippen LogP contribution >= 0.6 is 0 Å². The van der Waals surface area contributed by atoms with Crippen molar-refractivity contribution in [3.63, 3.8) is 0 Å². The number of piperidine rings is 1. The van der Waals surface area contributed by atoms with E-state index in [1.54, 1.807) is 6.92 Å². The van der Waals surface area contributed by atoms with Gasteiger partial charge < -0.3 is 24.2 Å². The number of ether oxygens (including phenoxy) is 3. The molecule has 3 aliphatic rings. The Morgan fingerprint density at radius 1 is 1.12 bits per heavy atom. The largest absolute Gasteiger partial charge is 0.508 e. The number of pyridine rings is 1. The van der Waals surface area contributed by atoms with Crippen LogP contribution < -0.4 is 14.4 Å². The van der Waals surface area contributed by atoms with Crippen LogP contribution in [0.15, 0.2) is 24.3 Å². The van der Waals surface area contributed by atoms with E-state index in [1.165, 1.54) is 31.4 Å². The molecule has 9 nitrogen and oxygen atoms in total. The molecular weight excluding hydrogens is 623 g/mol. The van der Waals surface area contributed by atoms with Crippen molar-refractivity contribution in [2.24, 2.45) is 5.41 Å². The number of terminal acetylenes is 1. The molecule has 3 atom stereocenters. The van der Waals surface area contributed by atoms with Gasteiger partial charge >= 0.3 is 6.01 Å². The van der Waals surface area contributed by atoms with Gasteiger partial charge in [-0.1, -0.05) is 18.4 Å². The first kappa shape index (κ1) is 32.2. The van der Waals surface area contributed by atoms with Crippen molar-refractivity contribution in [2.75, 3.05) is 58.5 Å². The lowest BCUT2D eigenvalue weighted by atomic mass is 9.71. The molecule has 1 N–H and O–H groups in total. The van der Waals surface area contributed by atoms with Crippen LogP contribution in [0, 0.1) is 29.4 Å². The molecule has 1 saturated carbocycles. The summed E-state index contributed by atoms with van der Waals surface area (Å²) < 4.78 is 65.3. The summed E-state index contributed by atoms with van der Waals surface area (Å²) in [6.45, 7) is 4.17. The number of fused-ring (bicyclic) bond motifs is 3. The van der Waals surface area contributed by atoms with E-state index in [1.807, 2.05) is 11.9 Å². The van der Waals surface area contributed by atoms with Gasteiger partial charge in [0.1, 0.15) is 39.7 Å². The maximum absolute atomic E-state index is 17.0. The number of benzene rings is 2. The molecule has 2 aliphatic heterocycles. The fourth-order valence-electron chi connectivity index (χ4n) is 8.30. The highest BCUT2D eigenvalue weighted by Crippen LogP contribution is 2.51. The predicted octanol–water partition coefficient (Wildman–Crippen LogP) is 6.03. The van der Waals surface area contributed by atoms with Gasteiger partial charge in [-0.05, 0) is 63.2 Å². The van der Waals surface area contributed by atoms with Crippen molar-refractivity contribution < 1.29 is 32.5 Å². The summed E-state index contributed by atoms with van der Waals surface area (Å²) >= 11 is 0. The molecule has 0 bridgehead atoms. The first-order chi connectivity index (χ1) is 23.0. The molecule has 2 saturated heterocycles. The second-order valence-corrected chi connectivity index (χ2v) is 13.5. The zero-order valence-electron chi connectivity index (χ0n) is 27.3. The Labute approximate surface area is 277 Å². The third-order valence-electron chi connectivity index (χ3n) is 10.1. The van der Waals surface area contributed by atoms with Gasteiger partial charge in [-0.25, -0.2) is 18.2 Å². The number of methoxy groups -OCH3 is 1. The Morgan fingerprint density at radius 2 is 1.96 bits per heavy atom. The predicted molar refractivity (Wildman–Crippen MR) is 176 cm³/mol. The Kier molecular flexibility index (Phi) is 8.24. The topological polar surface area (TPSA) is 93.1 Å². The van der Waals surface area contributed by atoms with Crippen LogP contribution in [0.1, 0.15) is 44.6 Å². The van der Waals surface area contributed by atoms with Crippen LogP contribution in [0.2, 0.25) is 0 Å². The molecule has 1 unspecified atom stereocenters. The maximum atomic E-state index is 17.0. The molecule has 7 rings (SSSR count). The standard InChI is InChI=1S/C36H38F3N5O4/c1-5-23-25(37)10-9-21-16-22(45)17-24(27(21)23)30-29(38)31-28(33(40-30)46-4)32(44-12-7-14-47-15-13-44)42-34(41-31)48-20-36-11-6-8-26(36)43(3)19-35(2,39)18-36/h1,9-10,16-17,26,45H,6-8,11-15,18-20H2,2-4H3/t26-,35?,36-/m1/s1. The summed E-state index contributed by atoms with van der Waals surface area (Å²) in [6.07, 6.45) is 9.44. The number of aromatic nitrogens is 3. The third kappa shape index (κ3) is 5.52. The minimum absolute atomic E-state index is 0.0276. The molecule has 2 aromatic heterocycles. The molecule has 3 fully saturated rings. The summed E-state index contributed by atoms with van der Waals surface area (Å²) in [7, 11) is 3.36. The lowest BCUT2D eigenvalue weighted by molar-refractivity contribution is -0.0648. The van der Waals surface area contributed by atoms with Crippen LogP contribution in [-0.2, 0) is 4.74 Å². The number of rotatable bonds is 6. The molecule has 252 valence electrons. The van der Waals surface area contributed by atoms with E-state index in [0.29, 0.717) is 56.9 Å². The maximum Gasteiger partial charge on any atom is 0.319 e. The second-order valence-electron chi connectivity index (χ2n) is 13.5. The number of hydrogen-bond acceptors (Lipinski definition) is 9. The van der Waals surface area contributed by atoms with Gasteiger partial charge in [0.2, 0.25) is 5.88 Å². The first-order valence-corrected chi connectivity index (χ1v) is 16.3. The van der Waals surface area contributed by atoms with E-state index in [4.69, 9.17) is 25.6 Å². The summed E-state index contributed by atoms with van der Waals surface area (Å²) in [5.74, 6) is 1.04. The van der Waals surface area contributed by atoms with Gasteiger partial charge in [-0.3, -0.25) is 4.90 Å².